The molecule has 0 spiro atoms. The maximum atomic E-state index is 12.8. The molecule has 1 aromatic carbocycles. The molecule has 0 aliphatic heterocycles. The smallest absolute Gasteiger partial charge is 0.269 e. The van der Waals surface area contributed by atoms with Crippen molar-refractivity contribution >= 4 is 5.91 Å². The standard InChI is InChI=1S/C20H26N4O2/c1-5-13(3)24-19(20(26)22-12-14(4)25)17(6-2)18(23-24)16-9-7-15(11-21)8-10-16/h7-10,13-14,25H,5-6,12H2,1-4H3,(H,22,26)/t13?,14-/m0/s1. The van der Waals surface area contributed by atoms with E-state index in [4.69, 9.17) is 10.4 Å². The molecule has 0 saturated heterocycles. The number of carbonyl (C=O) groups is 1. The van der Waals surface area contributed by atoms with Crippen LogP contribution < -0.4 is 5.32 Å². The molecule has 1 aromatic heterocycles. The highest BCUT2D eigenvalue weighted by Gasteiger charge is 2.25. The van der Waals surface area contributed by atoms with E-state index in [1.54, 1.807) is 23.7 Å². The van der Waals surface area contributed by atoms with Crippen molar-refractivity contribution in [2.45, 2.75) is 52.7 Å². The Bertz CT molecular complexity index is 800. The monoisotopic (exact) mass is 354 g/mol. The highest BCUT2D eigenvalue weighted by molar-refractivity contribution is 5.96. The van der Waals surface area contributed by atoms with Crippen LogP contribution in [0.3, 0.4) is 0 Å². The number of nitrogens with zero attached hydrogens (tertiary/aromatic N) is 3. The summed E-state index contributed by atoms with van der Waals surface area (Å²) < 4.78 is 1.78. The van der Waals surface area contributed by atoms with Crippen LogP contribution in [0.25, 0.3) is 11.3 Å². The lowest BCUT2D eigenvalue weighted by Gasteiger charge is -2.15. The van der Waals surface area contributed by atoms with Crippen molar-refractivity contribution in [1.29, 1.82) is 5.26 Å². The fraction of sp³-hybridized carbons (Fsp3) is 0.450. The van der Waals surface area contributed by atoms with Crippen molar-refractivity contribution in [3.8, 4) is 17.3 Å². The van der Waals surface area contributed by atoms with Gasteiger partial charge >= 0.3 is 0 Å². The number of nitrogens with one attached hydrogen (secondary N) is 1. The quantitative estimate of drug-likeness (QED) is 0.799. The first-order valence-electron chi connectivity index (χ1n) is 9.01. The van der Waals surface area contributed by atoms with Gasteiger partial charge < -0.3 is 10.4 Å². The number of benzene rings is 1. The molecular weight excluding hydrogens is 328 g/mol. The average molecular weight is 354 g/mol. The van der Waals surface area contributed by atoms with Gasteiger partial charge in [0.2, 0.25) is 0 Å². The third-order valence-electron chi connectivity index (χ3n) is 4.43. The lowest BCUT2D eigenvalue weighted by Crippen LogP contribution is -2.33. The van der Waals surface area contributed by atoms with Gasteiger partial charge in [0.25, 0.3) is 5.91 Å². The molecule has 138 valence electrons. The van der Waals surface area contributed by atoms with Crippen LogP contribution in [0.4, 0.5) is 0 Å². The van der Waals surface area contributed by atoms with Gasteiger partial charge in [0.1, 0.15) is 5.69 Å². The molecule has 0 aliphatic carbocycles. The largest absolute Gasteiger partial charge is 0.392 e. The first-order chi connectivity index (χ1) is 12.4. The zero-order chi connectivity index (χ0) is 19.3. The second-order valence-electron chi connectivity index (χ2n) is 6.48. The zero-order valence-corrected chi connectivity index (χ0v) is 15.8. The summed E-state index contributed by atoms with van der Waals surface area (Å²) in [5.74, 6) is -0.226. The minimum Gasteiger partial charge on any atom is -0.392 e. The van der Waals surface area contributed by atoms with Crippen LogP contribution in [0.1, 0.15) is 61.8 Å². The van der Waals surface area contributed by atoms with Crippen LogP contribution >= 0.6 is 0 Å². The molecule has 26 heavy (non-hydrogen) atoms. The average Bonchev–Trinajstić information content (AvgIpc) is 3.05. The molecule has 2 atom stereocenters. The maximum Gasteiger partial charge on any atom is 0.269 e. The Hall–Kier alpha value is -2.65. The van der Waals surface area contributed by atoms with Crippen molar-refractivity contribution in [1.82, 2.24) is 15.1 Å². The van der Waals surface area contributed by atoms with Crippen LogP contribution in [0, 0.1) is 11.3 Å². The van der Waals surface area contributed by atoms with Crippen molar-refractivity contribution in [2.75, 3.05) is 6.54 Å². The number of nitriles is 1. The number of amides is 1. The third-order valence-corrected chi connectivity index (χ3v) is 4.43. The second kappa shape index (κ2) is 8.63. The fourth-order valence-electron chi connectivity index (χ4n) is 2.80. The zero-order valence-electron chi connectivity index (χ0n) is 15.8. The number of aliphatic hydroxyl groups excluding tert-OH is 1. The fourth-order valence-corrected chi connectivity index (χ4v) is 2.80. The van der Waals surface area contributed by atoms with Gasteiger partial charge in [0.05, 0.1) is 23.4 Å². The summed E-state index contributed by atoms with van der Waals surface area (Å²) in [5.41, 5.74) is 3.65. The molecule has 0 aliphatic rings. The van der Waals surface area contributed by atoms with Crippen LogP contribution in [-0.2, 0) is 6.42 Å². The molecule has 1 unspecified atom stereocenters. The summed E-state index contributed by atoms with van der Waals surface area (Å²) >= 11 is 0. The summed E-state index contributed by atoms with van der Waals surface area (Å²) in [4.78, 5) is 12.8. The first kappa shape index (κ1) is 19.7. The first-order valence-corrected chi connectivity index (χ1v) is 9.01. The van der Waals surface area contributed by atoms with Gasteiger partial charge in [-0.3, -0.25) is 9.48 Å². The summed E-state index contributed by atoms with van der Waals surface area (Å²) in [7, 11) is 0. The Kier molecular flexibility index (Phi) is 6.53. The SMILES string of the molecule is CCc1c(-c2ccc(C#N)cc2)nn(C(C)CC)c1C(=O)NC[C@H](C)O. The molecule has 6 heteroatoms. The lowest BCUT2D eigenvalue weighted by atomic mass is 10.0. The van der Waals surface area contributed by atoms with Crippen molar-refractivity contribution in [3.05, 3.63) is 41.1 Å². The lowest BCUT2D eigenvalue weighted by molar-refractivity contribution is 0.0910. The van der Waals surface area contributed by atoms with E-state index in [-0.39, 0.29) is 18.5 Å². The molecule has 2 aromatic rings. The molecule has 0 fully saturated rings. The van der Waals surface area contributed by atoms with Crippen molar-refractivity contribution < 1.29 is 9.90 Å². The minimum absolute atomic E-state index is 0.0692. The molecule has 2 N–H and O–H groups in total. The highest BCUT2D eigenvalue weighted by Crippen LogP contribution is 2.29. The van der Waals surface area contributed by atoms with Crippen LogP contribution in [0.15, 0.2) is 24.3 Å². The van der Waals surface area contributed by atoms with Gasteiger partial charge in [-0.15, -0.1) is 0 Å². The topological polar surface area (TPSA) is 90.9 Å². The predicted octanol–water partition coefficient (Wildman–Crippen LogP) is 3.07. The summed E-state index contributed by atoms with van der Waals surface area (Å²) in [6.45, 7) is 7.91. The Morgan fingerprint density at radius 2 is 1.96 bits per heavy atom. The van der Waals surface area contributed by atoms with E-state index in [2.05, 4.69) is 18.3 Å². The molecular formula is C20H26N4O2. The molecule has 1 heterocycles. The second-order valence-corrected chi connectivity index (χ2v) is 6.48. The van der Waals surface area contributed by atoms with Gasteiger partial charge in [-0.25, -0.2) is 0 Å². The van der Waals surface area contributed by atoms with E-state index in [0.717, 1.165) is 23.2 Å². The van der Waals surface area contributed by atoms with E-state index in [1.807, 2.05) is 26.0 Å². The number of carbonyl (C=O) groups excluding carboxylic acids is 1. The van der Waals surface area contributed by atoms with Crippen molar-refractivity contribution in [3.63, 3.8) is 0 Å². The molecule has 0 bridgehead atoms. The Morgan fingerprint density at radius 1 is 1.31 bits per heavy atom. The molecule has 6 nitrogen and oxygen atoms in total. The van der Waals surface area contributed by atoms with Gasteiger partial charge in [-0.1, -0.05) is 26.0 Å². The van der Waals surface area contributed by atoms with Crippen molar-refractivity contribution in [2.24, 2.45) is 0 Å². The Morgan fingerprint density at radius 3 is 2.46 bits per heavy atom. The highest BCUT2D eigenvalue weighted by atomic mass is 16.3. The Labute approximate surface area is 154 Å². The van der Waals surface area contributed by atoms with Crippen LogP contribution in [0.5, 0.6) is 0 Å². The maximum absolute atomic E-state index is 12.8. The van der Waals surface area contributed by atoms with Crippen LogP contribution in [0.2, 0.25) is 0 Å². The Balaban J connectivity index is 2.55. The number of aromatic nitrogens is 2. The van der Waals surface area contributed by atoms with E-state index in [0.29, 0.717) is 17.7 Å². The van der Waals surface area contributed by atoms with Gasteiger partial charge in [0, 0.05) is 23.7 Å². The predicted molar refractivity (Wildman–Crippen MR) is 101 cm³/mol. The molecule has 2 rings (SSSR count). The van der Waals surface area contributed by atoms with Gasteiger partial charge in [-0.2, -0.15) is 10.4 Å². The number of aliphatic hydroxyl groups is 1. The molecule has 0 saturated carbocycles. The number of hydrogen-bond acceptors (Lipinski definition) is 4. The normalized spacial score (nSPS) is 13.1. The van der Waals surface area contributed by atoms with E-state index in [9.17, 15) is 9.90 Å². The number of hydrogen-bond donors (Lipinski definition) is 2. The van der Waals surface area contributed by atoms with Gasteiger partial charge in [0.15, 0.2) is 0 Å². The number of rotatable bonds is 7. The van der Waals surface area contributed by atoms with E-state index in [1.165, 1.54) is 0 Å². The minimum atomic E-state index is -0.609. The van der Waals surface area contributed by atoms with Crippen LogP contribution in [-0.4, -0.2) is 33.4 Å². The summed E-state index contributed by atoms with van der Waals surface area (Å²) in [6.07, 6.45) is 0.888. The van der Waals surface area contributed by atoms with E-state index >= 15 is 0 Å². The third kappa shape index (κ3) is 4.12. The summed E-state index contributed by atoms with van der Waals surface area (Å²) in [6, 6.07) is 9.41. The molecule has 1 amide bonds. The van der Waals surface area contributed by atoms with Gasteiger partial charge in [-0.05, 0) is 38.8 Å². The van der Waals surface area contributed by atoms with E-state index < -0.39 is 6.10 Å². The molecule has 0 radical (unpaired) electrons. The summed E-state index contributed by atoms with van der Waals surface area (Å²) in [5, 5.41) is 26.0.